The molecule has 148 valence electrons. The van der Waals surface area contributed by atoms with E-state index in [2.05, 4.69) is 25.3 Å². The third kappa shape index (κ3) is 16.4. The predicted molar refractivity (Wildman–Crippen MR) is 109 cm³/mol. The van der Waals surface area contributed by atoms with Crippen LogP contribution in [0.4, 0.5) is 0 Å². The van der Waals surface area contributed by atoms with Crippen LogP contribution in [0.15, 0.2) is 12.2 Å². The molecule has 0 radical (unpaired) electrons. The zero-order valence-electron chi connectivity index (χ0n) is 17.3. The number of ether oxygens (including phenoxy) is 1. The van der Waals surface area contributed by atoms with Gasteiger partial charge in [0.15, 0.2) is 0 Å². The van der Waals surface area contributed by atoms with Gasteiger partial charge >= 0.3 is 5.97 Å². The molecular formula is C22H43NO2. The van der Waals surface area contributed by atoms with E-state index in [0.717, 1.165) is 12.8 Å². The van der Waals surface area contributed by atoms with E-state index in [1.54, 1.807) is 6.92 Å². The van der Waals surface area contributed by atoms with E-state index in [9.17, 15) is 4.79 Å². The standard InChI is InChI=1S/C22H43NO2/c1-5-7-9-13-17-23(18-14-10-8-6-2)19-15-11-12-16-20-25-22(24)21(3)4/h3,5-20H2,1-2,4H3. The normalized spacial score (nSPS) is 11.0. The highest BCUT2D eigenvalue weighted by molar-refractivity contribution is 5.86. The van der Waals surface area contributed by atoms with Crippen molar-refractivity contribution in [2.24, 2.45) is 0 Å². The van der Waals surface area contributed by atoms with Gasteiger partial charge in [-0.1, -0.05) is 71.8 Å². The first-order chi connectivity index (χ1) is 12.1. The maximum absolute atomic E-state index is 11.3. The Morgan fingerprint density at radius 2 is 1.20 bits per heavy atom. The zero-order chi connectivity index (χ0) is 18.8. The average molecular weight is 354 g/mol. The van der Waals surface area contributed by atoms with Crippen LogP contribution in [-0.4, -0.2) is 37.1 Å². The molecule has 0 aliphatic heterocycles. The highest BCUT2D eigenvalue weighted by Gasteiger charge is 2.05. The summed E-state index contributed by atoms with van der Waals surface area (Å²) in [6.07, 6.45) is 15.4. The second-order valence-electron chi connectivity index (χ2n) is 7.29. The van der Waals surface area contributed by atoms with Crippen molar-refractivity contribution < 1.29 is 9.53 Å². The summed E-state index contributed by atoms with van der Waals surface area (Å²) >= 11 is 0. The molecule has 0 unspecified atom stereocenters. The Balaban J connectivity index is 3.76. The summed E-state index contributed by atoms with van der Waals surface area (Å²) in [5.74, 6) is -0.259. The van der Waals surface area contributed by atoms with Gasteiger partial charge < -0.3 is 9.64 Å². The van der Waals surface area contributed by atoms with E-state index in [1.165, 1.54) is 83.8 Å². The van der Waals surface area contributed by atoms with Gasteiger partial charge in [-0.2, -0.15) is 0 Å². The summed E-state index contributed by atoms with van der Waals surface area (Å²) in [7, 11) is 0. The minimum atomic E-state index is -0.259. The molecule has 0 aromatic heterocycles. The van der Waals surface area contributed by atoms with Crippen molar-refractivity contribution in [3.05, 3.63) is 12.2 Å². The van der Waals surface area contributed by atoms with Crippen LogP contribution in [-0.2, 0) is 9.53 Å². The van der Waals surface area contributed by atoms with Crippen molar-refractivity contribution in [2.45, 2.75) is 97.8 Å². The Kier molecular flexibility index (Phi) is 17.4. The maximum Gasteiger partial charge on any atom is 0.333 e. The largest absolute Gasteiger partial charge is 0.462 e. The third-order valence-corrected chi connectivity index (χ3v) is 4.61. The number of esters is 1. The van der Waals surface area contributed by atoms with Gasteiger partial charge in [-0.25, -0.2) is 4.79 Å². The van der Waals surface area contributed by atoms with Crippen LogP contribution in [0.5, 0.6) is 0 Å². The first kappa shape index (κ1) is 24.2. The van der Waals surface area contributed by atoms with Gasteiger partial charge in [0.2, 0.25) is 0 Å². The average Bonchev–Trinajstić information content (AvgIpc) is 2.60. The molecule has 0 aliphatic rings. The molecule has 0 aliphatic carbocycles. The van der Waals surface area contributed by atoms with Crippen molar-refractivity contribution in [3.63, 3.8) is 0 Å². The molecule has 0 N–H and O–H groups in total. The lowest BCUT2D eigenvalue weighted by atomic mass is 10.1. The van der Waals surface area contributed by atoms with Crippen molar-refractivity contribution in [1.82, 2.24) is 4.90 Å². The smallest absolute Gasteiger partial charge is 0.333 e. The summed E-state index contributed by atoms with van der Waals surface area (Å²) in [5, 5.41) is 0. The van der Waals surface area contributed by atoms with Crippen LogP contribution in [0.25, 0.3) is 0 Å². The number of hydrogen-bond acceptors (Lipinski definition) is 3. The number of unbranched alkanes of at least 4 members (excludes halogenated alkanes) is 9. The first-order valence-corrected chi connectivity index (χ1v) is 10.7. The van der Waals surface area contributed by atoms with Crippen molar-refractivity contribution in [2.75, 3.05) is 26.2 Å². The SMILES string of the molecule is C=C(C)C(=O)OCCCCCCN(CCCCCC)CCCCCC. The summed E-state index contributed by atoms with van der Waals surface area (Å²) in [4.78, 5) is 14.0. The van der Waals surface area contributed by atoms with E-state index in [0.29, 0.717) is 12.2 Å². The van der Waals surface area contributed by atoms with Crippen LogP contribution in [0.2, 0.25) is 0 Å². The van der Waals surface area contributed by atoms with Gasteiger partial charge in [-0.3, -0.25) is 0 Å². The number of carbonyl (C=O) groups excluding carboxylic acids is 1. The Morgan fingerprint density at radius 3 is 1.64 bits per heavy atom. The van der Waals surface area contributed by atoms with Gasteiger partial charge in [-0.15, -0.1) is 0 Å². The number of hydrogen-bond donors (Lipinski definition) is 0. The molecule has 0 saturated carbocycles. The fraction of sp³-hybridized carbons (Fsp3) is 0.864. The van der Waals surface area contributed by atoms with E-state index >= 15 is 0 Å². The highest BCUT2D eigenvalue weighted by Crippen LogP contribution is 2.08. The molecule has 0 rings (SSSR count). The van der Waals surface area contributed by atoms with E-state index in [-0.39, 0.29) is 5.97 Å². The highest BCUT2D eigenvalue weighted by atomic mass is 16.5. The minimum Gasteiger partial charge on any atom is -0.462 e. The lowest BCUT2D eigenvalue weighted by Gasteiger charge is -2.22. The number of carbonyl (C=O) groups is 1. The predicted octanol–water partition coefficient (Wildman–Crippen LogP) is 6.13. The molecule has 0 atom stereocenters. The molecule has 0 aromatic rings. The maximum atomic E-state index is 11.3. The van der Waals surface area contributed by atoms with Crippen molar-refractivity contribution >= 4 is 5.97 Å². The summed E-state index contributed by atoms with van der Waals surface area (Å²) in [5.41, 5.74) is 0.488. The van der Waals surface area contributed by atoms with E-state index < -0.39 is 0 Å². The lowest BCUT2D eigenvalue weighted by molar-refractivity contribution is -0.139. The van der Waals surface area contributed by atoms with Crippen LogP contribution in [0.3, 0.4) is 0 Å². The molecule has 0 saturated heterocycles. The molecular weight excluding hydrogens is 310 g/mol. The third-order valence-electron chi connectivity index (χ3n) is 4.61. The second-order valence-corrected chi connectivity index (χ2v) is 7.29. The first-order valence-electron chi connectivity index (χ1n) is 10.7. The fourth-order valence-electron chi connectivity index (χ4n) is 2.94. The van der Waals surface area contributed by atoms with E-state index in [4.69, 9.17) is 4.74 Å². The monoisotopic (exact) mass is 353 g/mol. The molecule has 0 fully saturated rings. The molecule has 3 nitrogen and oxygen atoms in total. The van der Waals surface area contributed by atoms with Crippen LogP contribution >= 0.6 is 0 Å². The van der Waals surface area contributed by atoms with Gasteiger partial charge in [0.25, 0.3) is 0 Å². The number of rotatable bonds is 18. The topological polar surface area (TPSA) is 29.5 Å². The lowest BCUT2D eigenvalue weighted by Crippen LogP contribution is -2.27. The van der Waals surface area contributed by atoms with Crippen LogP contribution < -0.4 is 0 Å². The molecule has 0 heterocycles. The Morgan fingerprint density at radius 1 is 0.760 bits per heavy atom. The summed E-state index contributed by atoms with van der Waals surface area (Å²) < 4.78 is 5.13. The minimum absolute atomic E-state index is 0.259. The van der Waals surface area contributed by atoms with Crippen molar-refractivity contribution in [1.29, 1.82) is 0 Å². The van der Waals surface area contributed by atoms with Crippen LogP contribution in [0.1, 0.15) is 97.8 Å². The van der Waals surface area contributed by atoms with Gasteiger partial charge in [0, 0.05) is 5.57 Å². The molecule has 0 bridgehead atoms. The Hall–Kier alpha value is -0.830. The Labute approximate surface area is 157 Å². The van der Waals surface area contributed by atoms with E-state index in [1.807, 2.05) is 0 Å². The fourth-order valence-corrected chi connectivity index (χ4v) is 2.94. The number of nitrogens with zero attached hydrogens (tertiary/aromatic N) is 1. The quantitative estimate of drug-likeness (QED) is 0.169. The van der Waals surface area contributed by atoms with Gasteiger partial charge in [0.1, 0.15) is 0 Å². The molecule has 0 spiro atoms. The molecule has 3 heteroatoms. The molecule has 25 heavy (non-hydrogen) atoms. The van der Waals surface area contributed by atoms with Crippen molar-refractivity contribution in [3.8, 4) is 0 Å². The van der Waals surface area contributed by atoms with Gasteiger partial charge in [-0.05, 0) is 52.2 Å². The van der Waals surface area contributed by atoms with Crippen LogP contribution in [0, 0.1) is 0 Å². The second kappa shape index (κ2) is 18.0. The summed E-state index contributed by atoms with van der Waals surface area (Å²) in [6, 6.07) is 0. The Bertz CT molecular complexity index is 316. The molecule has 0 aromatic carbocycles. The molecule has 0 amide bonds. The zero-order valence-corrected chi connectivity index (χ0v) is 17.3. The summed E-state index contributed by atoms with van der Waals surface area (Å²) in [6.45, 7) is 14.1. The van der Waals surface area contributed by atoms with Gasteiger partial charge in [0.05, 0.1) is 6.61 Å².